The Kier molecular flexibility index (Phi) is 8.98. The molecule has 8 nitrogen and oxygen atoms in total. The molecule has 1 aliphatic heterocycles. The lowest BCUT2D eigenvalue weighted by molar-refractivity contribution is -0.124. The average Bonchev–Trinajstić information content (AvgIpc) is 2.83. The monoisotopic (exact) mass is 504 g/mol. The lowest BCUT2D eigenvalue weighted by atomic mass is 9.89. The van der Waals surface area contributed by atoms with Crippen molar-refractivity contribution >= 4 is 21.8 Å². The minimum atomic E-state index is -3.64. The maximum absolute atomic E-state index is 13.3. The van der Waals surface area contributed by atoms with Crippen LogP contribution in [0.5, 0.6) is 0 Å². The Morgan fingerprint density at radius 3 is 2.23 bits per heavy atom. The fourth-order valence-corrected chi connectivity index (χ4v) is 5.51. The molecule has 0 bridgehead atoms. The standard InChI is InChI=1S/C25H33FN4O4S/c1-18-4-10-22(11-5-18)35(33,34)30-15-12-19(13-16-30)23(25(32)27-14-17-29(2)3)28-24(31)20-6-8-21(26)9-7-20/h4-11,19,23H,12-17H2,1-3H3,(H,27,32)(H,28,31). The number of halogens is 1. The first-order chi connectivity index (χ1) is 16.6. The van der Waals surface area contributed by atoms with Gasteiger partial charge in [0.15, 0.2) is 0 Å². The summed E-state index contributed by atoms with van der Waals surface area (Å²) >= 11 is 0. The molecule has 0 aliphatic carbocycles. The molecule has 3 rings (SSSR count). The third kappa shape index (κ3) is 7.09. The normalized spacial score (nSPS) is 16.1. The summed E-state index contributed by atoms with van der Waals surface area (Å²) < 4.78 is 40.8. The van der Waals surface area contributed by atoms with Crippen LogP contribution in [0.15, 0.2) is 53.4 Å². The molecule has 190 valence electrons. The largest absolute Gasteiger partial charge is 0.353 e. The molecule has 35 heavy (non-hydrogen) atoms. The number of likely N-dealkylation sites (N-methyl/N-ethyl adjacent to an activating group) is 1. The highest BCUT2D eigenvalue weighted by Gasteiger charge is 2.36. The minimum Gasteiger partial charge on any atom is -0.353 e. The summed E-state index contributed by atoms with van der Waals surface area (Å²) in [6.45, 7) is 3.43. The van der Waals surface area contributed by atoms with Crippen molar-refractivity contribution in [3.63, 3.8) is 0 Å². The molecule has 1 unspecified atom stereocenters. The summed E-state index contributed by atoms with van der Waals surface area (Å²) in [5.41, 5.74) is 1.22. The topological polar surface area (TPSA) is 98.8 Å². The maximum Gasteiger partial charge on any atom is 0.251 e. The number of carbonyl (C=O) groups excluding carboxylic acids is 2. The molecule has 2 amide bonds. The van der Waals surface area contributed by atoms with Gasteiger partial charge in [0.25, 0.3) is 5.91 Å². The molecule has 1 aliphatic rings. The van der Waals surface area contributed by atoms with Gasteiger partial charge in [-0.2, -0.15) is 4.31 Å². The molecule has 1 fully saturated rings. The van der Waals surface area contributed by atoms with Crippen LogP contribution in [-0.2, 0) is 14.8 Å². The molecule has 2 N–H and O–H groups in total. The van der Waals surface area contributed by atoms with Gasteiger partial charge in [-0.1, -0.05) is 17.7 Å². The number of nitrogens with one attached hydrogen (secondary N) is 2. The number of aryl methyl sites for hydroxylation is 1. The van der Waals surface area contributed by atoms with Crippen LogP contribution < -0.4 is 10.6 Å². The molecule has 2 aromatic rings. The van der Waals surface area contributed by atoms with E-state index in [1.165, 1.54) is 28.6 Å². The van der Waals surface area contributed by atoms with Gasteiger partial charge in [-0.15, -0.1) is 0 Å². The molecule has 0 spiro atoms. The van der Waals surface area contributed by atoms with Gasteiger partial charge in [0.1, 0.15) is 11.9 Å². The molecule has 0 aromatic heterocycles. The van der Waals surface area contributed by atoms with E-state index in [1.807, 2.05) is 25.9 Å². The Hall–Kier alpha value is -2.82. The Morgan fingerprint density at radius 2 is 1.66 bits per heavy atom. The van der Waals surface area contributed by atoms with Crippen LogP contribution in [0.25, 0.3) is 0 Å². The minimum absolute atomic E-state index is 0.240. The number of piperidine rings is 1. The van der Waals surface area contributed by atoms with Crippen LogP contribution in [0.2, 0.25) is 0 Å². The van der Waals surface area contributed by atoms with E-state index in [2.05, 4.69) is 10.6 Å². The van der Waals surface area contributed by atoms with Gasteiger partial charge in [0.2, 0.25) is 15.9 Å². The molecular weight excluding hydrogens is 471 g/mol. The van der Waals surface area contributed by atoms with Crippen molar-refractivity contribution < 1.29 is 22.4 Å². The second-order valence-electron chi connectivity index (χ2n) is 9.11. The summed E-state index contributed by atoms with van der Waals surface area (Å²) in [4.78, 5) is 28.0. The quantitative estimate of drug-likeness (QED) is 0.545. The molecule has 10 heteroatoms. The fraction of sp³-hybridized carbons (Fsp3) is 0.440. The first-order valence-electron chi connectivity index (χ1n) is 11.6. The predicted molar refractivity (Wildman–Crippen MR) is 132 cm³/mol. The lowest BCUT2D eigenvalue weighted by Crippen LogP contribution is -2.54. The highest BCUT2D eigenvalue weighted by Crippen LogP contribution is 2.26. The summed E-state index contributed by atoms with van der Waals surface area (Å²) in [5, 5.41) is 5.66. The molecule has 1 atom stereocenters. The molecule has 0 saturated carbocycles. The SMILES string of the molecule is Cc1ccc(S(=O)(=O)N2CCC(C(NC(=O)c3ccc(F)cc3)C(=O)NCCN(C)C)CC2)cc1. The van der Waals surface area contributed by atoms with Gasteiger partial charge in [-0.3, -0.25) is 9.59 Å². The van der Waals surface area contributed by atoms with E-state index in [1.54, 1.807) is 24.3 Å². The summed E-state index contributed by atoms with van der Waals surface area (Å²) in [5.74, 6) is -1.50. The highest BCUT2D eigenvalue weighted by molar-refractivity contribution is 7.89. The van der Waals surface area contributed by atoms with E-state index in [-0.39, 0.29) is 35.4 Å². The summed E-state index contributed by atoms with van der Waals surface area (Å²) in [6, 6.07) is 11.0. The number of rotatable bonds is 9. The number of benzene rings is 2. The summed E-state index contributed by atoms with van der Waals surface area (Å²) in [7, 11) is 0.148. The number of amides is 2. The highest BCUT2D eigenvalue weighted by atomic mass is 32.2. The number of hydrogen-bond acceptors (Lipinski definition) is 5. The van der Waals surface area contributed by atoms with E-state index < -0.39 is 27.8 Å². The molecular formula is C25H33FN4O4S. The first kappa shape index (κ1) is 26.8. The van der Waals surface area contributed by atoms with Crippen LogP contribution in [0.4, 0.5) is 4.39 Å². The number of nitrogens with zero attached hydrogens (tertiary/aromatic N) is 2. The number of carbonyl (C=O) groups is 2. The van der Waals surface area contributed by atoms with Crippen molar-refractivity contribution in [3.05, 3.63) is 65.5 Å². The average molecular weight is 505 g/mol. The van der Waals surface area contributed by atoms with Crippen molar-refractivity contribution in [3.8, 4) is 0 Å². The third-order valence-corrected chi connectivity index (χ3v) is 8.08. The zero-order chi connectivity index (χ0) is 25.6. The van der Waals surface area contributed by atoms with Crippen LogP contribution in [0.1, 0.15) is 28.8 Å². The number of hydrogen-bond donors (Lipinski definition) is 2. The van der Waals surface area contributed by atoms with E-state index in [0.717, 1.165) is 5.56 Å². The Bertz CT molecular complexity index is 1110. The zero-order valence-electron chi connectivity index (χ0n) is 20.3. The van der Waals surface area contributed by atoms with Gasteiger partial charge in [-0.25, -0.2) is 12.8 Å². The van der Waals surface area contributed by atoms with Gasteiger partial charge >= 0.3 is 0 Å². The maximum atomic E-state index is 13.3. The third-order valence-electron chi connectivity index (χ3n) is 6.16. The van der Waals surface area contributed by atoms with Crippen molar-refractivity contribution in [2.75, 3.05) is 40.3 Å². The van der Waals surface area contributed by atoms with Gasteiger partial charge < -0.3 is 15.5 Å². The molecule has 1 heterocycles. The van der Waals surface area contributed by atoms with Crippen LogP contribution >= 0.6 is 0 Å². The lowest BCUT2D eigenvalue weighted by Gasteiger charge is -2.35. The van der Waals surface area contributed by atoms with Crippen LogP contribution in [0, 0.1) is 18.7 Å². The molecule has 0 radical (unpaired) electrons. The Morgan fingerprint density at radius 1 is 1.06 bits per heavy atom. The Balaban J connectivity index is 1.71. The first-order valence-corrected chi connectivity index (χ1v) is 13.1. The van der Waals surface area contributed by atoms with Crippen molar-refractivity contribution in [1.29, 1.82) is 0 Å². The second-order valence-corrected chi connectivity index (χ2v) is 11.0. The molecule has 2 aromatic carbocycles. The predicted octanol–water partition coefficient (Wildman–Crippen LogP) is 2.01. The van der Waals surface area contributed by atoms with Gasteiger partial charge in [0.05, 0.1) is 4.90 Å². The number of sulfonamides is 1. The van der Waals surface area contributed by atoms with Gasteiger partial charge in [0, 0.05) is 31.7 Å². The van der Waals surface area contributed by atoms with Gasteiger partial charge in [-0.05, 0) is 76.2 Å². The van der Waals surface area contributed by atoms with E-state index >= 15 is 0 Å². The second kappa shape index (κ2) is 11.7. The Labute approximate surface area is 206 Å². The smallest absolute Gasteiger partial charge is 0.251 e. The fourth-order valence-electron chi connectivity index (χ4n) is 4.04. The van der Waals surface area contributed by atoms with Crippen molar-refractivity contribution in [2.24, 2.45) is 5.92 Å². The van der Waals surface area contributed by atoms with E-state index in [9.17, 15) is 22.4 Å². The van der Waals surface area contributed by atoms with E-state index in [0.29, 0.717) is 25.9 Å². The molecule has 1 saturated heterocycles. The zero-order valence-corrected chi connectivity index (χ0v) is 21.1. The van der Waals surface area contributed by atoms with Crippen LogP contribution in [0.3, 0.4) is 0 Å². The van der Waals surface area contributed by atoms with Crippen LogP contribution in [-0.4, -0.2) is 75.8 Å². The van der Waals surface area contributed by atoms with Crippen molar-refractivity contribution in [2.45, 2.75) is 30.7 Å². The van der Waals surface area contributed by atoms with E-state index in [4.69, 9.17) is 0 Å². The van der Waals surface area contributed by atoms with Crippen molar-refractivity contribution in [1.82, 2.24) is 19.8 Å². The summed E-state index contributed by atoms with van der Waals surface area (Å²) in [6.07, 6.45) is 0.834.